The maximum absolute atomic E-state index is 14.6. The number of carbonyl (C=O) groups is 2. The Morgan fingerprint density at radius 1 is 1.11 bits per heavy atom. The van der Waals surface area contributed by atoms with E-state index in [2.05, 4.69) is 10.5 Å². The lowest BCUT2D eigenvalue weighted by molar-refractivity contribution is -0.276. The third kappa shape index (κ3) is 6.30. The summed E-state index contributed by atoms with van der Waals surface area (Å²) in [6.45, 7) is 0.637. The number of halogens is 8. The Morgan fingerprint density at radius 3 is 2.38 bits per heavy atom. The molecule has 14 heteroatoms. The number of aryl methyl sites for hydroxylation is 1. The molecule has 0 radical (unpaired) electrons. The molecule has 0 spiro atoms. The Balaban J connectivity index is 1.79. The van der Waals surface area contributed by atoms with Gasteiger partial charge in [-0.3, -0.25) is 9.59 Å². The molecular formula is C23H19Cl2F6N3O3. The normalized spacial score (nSPS) is 17.7. The van der Waals surface area contributed by atoms with E-state index < -0.39 is 65.4 Å². The van der Waals surface area contributed by atoms with Gasteiger partial charge in [-0.15, -0.1) is 0 Å². The van der Waals surface area contributed by atoms with Gasteiger partial charge < -0.3 is 15.5 Å². The average molecular weight is 570 g/mol. The first kappa shape index (κ1) is 28.6. The van der Waals surface area contributed by atoms with Crippen LogP contribution in [0.5, 0.6) is 0 Å². The van der Waals surface area contributed by atoms with Crippen molar-refractivity contribution in [2.75, 3.05) is 13.1 Å². The standard InChI is InChI=1S/C23H19Cl2F6N3O3/c1-11-5-12(3-4-14(11)20(36)32-9-18(35)33-10-21(2,27)28)17-8-22(37-34-17,23(29,30)31)15-6-13(24)7-16(25)19(15)26/h3-7H,8-10H2,1-2H3,(H,32,36)(H,33,35)/t22-/m0/s1. The zero-order valence-corrected chi connectivity index (χ0v) is 20.7. The molecular weight excluding hydrogens is 551 g/mol. The SMILES string of the molecule is Cc1cc(C2=NO[C@@](c3cc(Cl)cc(Cl)c3F)(C(F)(F)F)C2)ccc1C(=O)NCC(=O)NCC(C)(F)F. The molecule has 1 aliphatic rings. The van der Waals surface area contributed by atoms with Crippen molar-refractivity contribution in [2.24, 2.45) is 5.16 Å². The van der Waals surface area contributed by atoms with Crippen molar-refractivity contribution >= 4 is 40.7 Å². The van der Waals surface area contributed by atoms with Crippen molar-refractivity contribution in [1.29, 1.82) is 0 Å². The lowest BCUT2D eigenvalue weighted by Gasteiger charge is -2.30. The van der Waals surface area contributed by atoms with Crippen LogP contribution in [0.15, 0.2) is 35.5 Å². The zero-order valence-electron chi connectivity index (χ0n) is 19.2. The van der Waals surface area contributed by atoms with Gasteiger partial charge in [0.1, 0.15) is 5.82 Å². The molecule has 1 atom stereocenters. The Bertz CT molecular complexity index is 1260. The van der Waals surface area contributed by atoms with E-state index in [9.17, 15) is 35.9 Å². The largest absolute Gasteiger partial charge is 0.435 e. The van der Waals surface area contributed by atoms with Crippen LogP contribution in [0.3, 0.4) is 0 Å². The summed E-state index contributed by atoms with van der Waals surface area (Å²) in [6, 6.07) is 5.67. The number of hydrogen-bond donors (Lipinski definition) is 2. The van der Waals surface area contributed by atoms with E-state index in [-0.39, 0.29) is 21.9 Å². The van der Waals surface area contributed by atoms with Crippen LogP contribution < -0.4 is 10.6 Å². The lowest BCUT2D eigenvalue weighted by Crippen LogP contribution is -2.43. The highest BCUT2D eigenvalue weighted by Crippen LogP contribution is 2.50. The quantitative estimate of drug-likeness (QED) is 0.340. The van der Waals surface area contributed by atoms with Crippen LogP contribution in [0.4, 0.5) is 26.3 Å². The van der Waals surface area contributed by atoms with E-state index in [4.69, 9.17) is 28.0 Å². The number of nitrogens with zero attached hydrogens (tertiary/aromatic N) is 1. The van der Waals surface area contributed by atoms with Crippen LogP contribution in [-0.4, -0.2) is 42.7 Å². The van der Waals surface area contributed by atoms with E-state index in [1.807, 2.05) is 5.32 Å². The third-order valence-corrected chi connectivity index (χ3v) is 5.92. The molecule has 0 saturated heterocycles. The van der Waals surface area contributed by atoms with Crippen LogP contribution in [0.2, 0.25) is 10.0 Å². The number of nitrogens with one attached hydrogen (secondary N) is 2. The van der Waals surface area contributed by atoms with Gasteiger partial charge in [-0.2, -0.15) is 13.2 Å². The van der Waals surface area contributed by atoms with E-state index in [0.717, 1.165) is 12.1 Å². The van der Waals surface area contributed by atoms with Gasteiger partial charge >= 0.3 is 6.18 Å². The molecule has 0 aliphatic carbocycles. The van der Waals surface area contributed by atoms with Crippen LogP contribution in [0.25, 0.3) is 0 Å². The van der Waals surface area contributed by atoms with E-state index in [1.165, 1.54) is 25.1 Å². The summed E-state index contributed by atoms with van der Waals surface area (Å²) in [5.74, 6) is -6.02. The van der Waals surface area contributed by atoms with Gasteiger partial charge in [0.2, 0.25) is 5.91 Å². The summed E-state index contributed by atoms with van der Waals surface area (Å²) >= 11 is 11.5. The highest BCUT2D eigenvalue weighted by atomic mass is 35.5. The molecule has 2 aromatic rings. The second kappa shape index (κ2) is 10.4. The summed E-state index contributed by atoms with van der Waals surface area (Å²) in [7, 11) is 0. The summed E-state index contributed by atoms with van der Waals surface area (Å²) < 4.78 is 82.8. The van der Waals surface area contributed by atoms with Crippen molar-refractivity contribution < 1.29 is 40.8 Å². The number of hydrogen-bond acceptors (Lipinski definition) is 4. The number of alkyl halides is 5. The second-order valence-corrected chi connectivity index (χ2v) is 9.28. The second-order valence-electron chi connectivity index (χ2n) is 8.44. The molecule has 0 bridgehead atoms. The molecule has 3 rings (SSSR count). The fourth-order valence-electron chi connectivity index (χ4n) is 3.56. The first-order chi connectivity index (χ1) is 17.0. The first-order valence-electron chi connectivity index (χ1n) is 10.5. The molecule has 1 aliphatic heterocycles. The number of carbonyl (C=O) groups excluding carboxylic acids is 2. The first-order valence-corrected chi connectivity index (χ1v) is 11.3. The number of oxime groups is 1. The number of benzene rings is 2. The predicted molar refractivity (Wildman–Crippen MR) is 124 cm³/mol. The molecule has 0 fully saturated rings. The van der Waals surface area contributed by atoms with Gasteiger partial charge in [-0.05, 0) is 42.3 Å². The predicted octanol–water partition coefficient (Wildman–Crippen LogP) is 5.52. The molecule has 1 heterocycles. The topological polar surface area (TPSA) is 79.8 Å². The highest BCUT2D eigenvalue weighted by Gasteiger charge is 2.63. The van der Waals surface area contributed by atoms with Gasteiger partial charge in [-0.1, -0.05) is 34.4 Å². The van der Waals surface area contributed by atoms with E-state index in [0.29, 0.717) is 12.5 Å². The highest BCUT2D eigenvalue weighted by molar-refractivity contribution is 6.34. The molecule has 37 heavy (non-hydrogen) atoms. The summed E-state index contributed by atoms with van der Waals surface area (Å²) in [6.07, 6.45) is -6.01. The molecule has 2 aromatic carbocycles. The third-order valence-electron chi connectivity index (χ3n) is 5.42. The van der Waals surface area contributed by atoms with E-state index in [1.54, 1.807) is 0 Å². The van der Waals surface area contributed by atoms with Gasteiger partial charge in [0.05, 0.1) is 30.2 Å². The van der Waals surface area contributed by atoms with E-state index >= 15 is 0 Å². The van der Waals surface area contributed by atoms with Gasteiger partial charge in [0, 0.05) is 23.1 Å². The average Bonchev–Trinajstić information content (AvgIpc) is 3.24. The molecule has 0 saturated carbocycles. The minimum absolute atomic E-state index is 0.0756. The number of rotatable bonds is 7. The van der Waals surface area contributed by atoms with Crippen molar-refractivity contribution in [3.8, 4) is 0 Å². The Morgan fingerprint density at radius 2 is 1.78 bits per heavy atom. The van der Waals surface area contributed by atoms with Gasteiger partial charge in [0.15, 0.2) is 0 Å². The summed E-state index contributed by atoms with van der Waals surface area (Å²) in [5, 5.41) is 6.93. The lowest BCUT2D eigenvalue weighted by atomic mass is 9.85. The Kier molecular flexibility index (Phi) is 8.04. The van der Waals surface area contributed by atoms with Gasteiger partial charge in [0.25, 0.3) is 17.4 Å². The maximum Gasteiger partial charge on any atom is 0.435 e. The molecule has 2 N–H and O–H groups in total. The minimum atomic E-state index is -5.11. The molecule has 0 unspecified atom stereocenters. The monoisotopic (exact) mass is 569 g/mol. The molecule has 200 valence electrons. The molecule has 6 nitrogen and oxygen atoms in total. The Labute approximate surface area is 216 Å². The van der Waals surface area contributed by atoms with Crippen LogP contribution in [-0.2, 0) is 15.2 Å². The fraction of sp³-hybridized carbons (Fsp3) is 0.348. The van der Waals surface area contributed by atoms with Crippen LogP contribution in [0.1, 0.15) is 40.4 Å². The van der Waals surface area contributed by atoms with Gasteiger partial charge in [-0.25, -0.2) is 13.2 Å². The molecule has 0 aromatic heterocycles. The zero-order chi connectivity index (χ0) is 27.8. The van der Waals surface area contributed by atoms with Crippen molar-refractivity contribution in [3.63, 3.8) is 0 Å². The Hall–Kier alpha value is -2.99. The smallest absolute Gasteiger partial charge is 0.374 e. The molecule has 2 amide bonds. The fourth-order valence-corrected chi connectivity index (χ4v) is 4.05. The van der Waals surface area contributed by atoms with Crippen molar-refractivity contribution in [3.05, 3.63) is 68.4 Å². The van der Waals surface area contributed by atoms with Crippen LogP contribution in [0, 0.1) is 12.7 Å². The van der Waals surface area contributed by atoms with Crippen LogP contribution >= 0.6 is 23.2 Å². The summed E-state index contributed by atoms with van der Waals surface area (Å²) in [4.78, 5) is 28.9. The number of amides is 2. The summed E-state index contributed by atoms with van der Waals surface area (Å²) in [5.41, 5.74) is -3.75. The van der Waals surface area contributed by atoms with Crippen molar-refractivity contribution in [2.45, 2.75) is 38.0 Å². The maximum atomic E-state index is 14.6. The van der Waals surface area contributed by atoms with Crippen molar-refractivity contribution in [1.82, 2.24) is 10.6 Å². The minimum Gasteiger partial charge on any atom is -0.374 e.